The van der Waals surface area contributed by atoms with E-state index >= 15 is 0 Å². The fraction of sp³-hybridized carbons (Fsp3) is 0.576. The third kappa shape index (κ3) is 11.4. The lowest BCUT2D eigenvalue weighted by molar-refractivity contribution is -0.137. The average molecular weight is 525 g/mol. The Morgan fingerprint density at radius 3 is 1.68 bits per heavy atom. The summed E-state index contributed by atoms with van der Waals surface area (Å²) >= 11 is 0. The summed E-state index contributed by atoms with van der Waals surface area (Å²) in [4.78, 5) is 21.8. The number of carboxylic acids is 1. The molecule has 38 heavy (non-hydrogen) atoms. The first-order chi connectivity index (χ1) is 18.3. The van der Waals surface area contributed by atoms with E-state index in [1.807, 2.05) is 24.3 Å². The first-order valence-electron chi connectivity index (χ1n) is 14.4. The van der Waals surface area contributed by atoms with E-state index in [9.17, 15) is 19.8 Å². The highest BCUT2D eigenvalue weighted by Gasteiger charge is 2.27. The van der Waals surface area contributed by atoms with Crippen LogP contribution < -0.4 is 0 Å². The van der Waals surface area contributed by atoms with Gasteiger partial charge in [-0.05, 0) is 60.5 Å². The van der Waals surface area contributed by atoms with Gasteiger partial charge in [0.15, 0.2) is 0 Å². The highest BCUT2D eigenvalue weighted by Crippen LogP contribution is 2.35. The molecule has 210 valence electrons. The number of carbonyl (C=O) groups excluding carboxylic acids is 1. The fourth-order valence-electron chi connectivity index (χ4n) is 5.51. The molecule has 2 aromatic carbocycles. The van der Waals surface area contributed by atoms with Crippen molar-refractivity contribution >= 4 is 12.4 Å². The Morgan fingerprint density at radius 1 is 0.763 bits per heavy atom. The minimum atomic E-state index is -0.744. The second-order valence-electron chi connectivity index (χ2n) is 11.3. The quantitative estimate of drug-likeness (QED) is 0.130. The number of rotatable bonds is 21. The molecule has 3 atom stereocenters. The molecule has 0 bridgehead atoms. The number of aliphatic hydroxyl groups is 1. The summed E-state index contributed by atoms with van der Waals surface area (Å²) in [5.41, 5.74) is 2.33. The number of unbranched alkanes of at least 4 members (excludes halogenated alkanes) is 4. The van der Waals surface area contributed by atoms with Crippen molar-refractivity contribution in [2.45, 2.75) is 114 Å². The van der Waals surface area contributed by atoms with E-state index in [2.05, 4.69) is 50.2 Å². The van der Waals surface area contributed by atoms with Crippen LogP contribution in [0, 0.1) is 0 Å². The van der Waals surface area contributed by atoms with Crippen LogP contribution in [0.1, 0.15) is 108 Å². The predicted octanol–water partition coefficient (Wildman–Crippen LogP) is 7.59. The van der Waals surface area contributed by atoms with Crippen LogP contribution in [0.25, 0.3) is 0 Å². The molecule has 0 aliphatic rings. The zero-order valence-corrected chi connectivity index (χ0v) is 23.4. The van der Waals surface area contributed by atoms with Gasteiger partial charge < -0.3 is 14.9 Å². The lowest BCUT2D eigenvalue weighted by Crippen LogP contribution is -2.24. The van der Waals surface area contributed by atoms with Gasteiger partial charge in [0.05, 0.1) is 12.7 Å². The maximum atomic E-state index is 11.2. The Bertz CT molecular complexity index is 915. The molecule has 0 heterocycles. The predicted molar refractivity (Wildman–Crippen MR) is 153 cm³/mol. The summed E-state index contributed by atoms with van der Waals surface area (Å²) in [5.74, 6) is -0.744. The number of carbonyl (C=O) groups is 2. The molecule has 0 fully saturated rings. The lowest BCUT2D eigenvalue weighted by atomic mass is 9.74. The number of benzene rings is 2. The molecule has 0 amide bonds. The standard InChI is InChI=1S/C33H48O5/c1-32(24-21-31(36)37,28-15-7-3-8-16-28)22-13-5-11-19-30(35)20-12-6-14-23-33(2,25-26-38-27-34)29-17-9-4-10-18-29/h3-4,7-10,15-18,27,30,35H,5-6,11-14,19-26H2,1-2H3,(H,36,37). The first-order valence-corrected chi connectivity index (χ1v) is 14.4. The minimum Gasteiger partial charge on any atom is -0.481 e. The van der Waals surface area contributed by atoms with Crippen molar-refractivity contribution in [1.29, 1.82) is 0 Å². The highest BCUT2D eigenvalue weighted by molar-refractivity contribution is 5.66. The Hall–Kier alpha value is -2.66. The Balaban J connectivity index is 1.67. The molecule has 0 radical (unpaired) electrons. The minimum absolute atomic E-state index is 0.0262. The van der Waals surface area contributed by atoms with Crippen LogP contribution in [0.3, 0.4) is 0 Å². The van der Waals surface area contributed by atoms with Gasteiger partial charge in [-0.1, -0.05) is 113 Å². The number of hydrogen-bond acceptors (Lipinski definition) is 4. The van der Waals surface area contributed by atoms with Crippen LogP contribution >= 0.6 is 0 Å². The van der Waals surface area contributed by atoms with Gasteiger partial charge >= 0.3 is 5.97 Å². The van der Waals surface area contributed by atoms with Gasteiger partial charge in [-0.15, -0.1) is 0 Å². The van der Waals surface area contributed by atoms with E-state index in [0.29, 0.717) is 19.5 Å². The number of carboxylic acid groups (broad SMARTS) is 1. The Labute approximate surface area is 229 Å². The van der Waals surface area contributed by atoms with Crippen molar-refractivity contribution in [1.82, 2.24) is 0 Å². The molecule has 0 aromatic heterocycles. The summed E-state index contributed by atoms with van der Waals surface area (Å²) in [5, 5.41) is 19.7. The van der Waals surface area contributed by atoms with Gasteiger partial charge in [-0.3, -0.25) is 9.59 Å². The van der Waals surface area contributed by atoms with Crippen LogP contribution in [0.15, 0.2) is 60.7 Å². The molecule has 3 unspecified atom stereocenters. The zero-order valence-electron chi connectivity index (χ0n) is 23.4. The number of hydrogen-bond donors (Lipinski definition) is 2. The Morgan fingerprint density at radius 2 is 1.24 bits per heavy atom. The van der Waals surface area contributed by atoms with E-state index in [-0.39, 0.29) is 23.4 Å². The second kappa shape index (κ2) is 17.0. The van der Waals surface area contributed by atoms with Crippen molar-refractivity contribution in [3.63, 3.8) is 0 Å². The number of ether oxygens (including phenoxy) is 1. The average Bonchev–Trinajstić information content (AvgIpc) is 2.92. The maximum absolute atomic E-state index is 11.2. The van der Waals surface area contributed by atoms with E-state index in [1.165, 1.54) is 11.1 Å². The van der Waals surface area contributed by atoms with E-state index in [0.717, 1.165) is 70.6 Å². The molecule has 0 saturated carbocycles. The topological polar surface area (TPSA) is 83.8 Å². The largest absolute Gasteiger partial charge is 0.481 e. The van der Waals surface area contributed by atoms with Crippen LogP contribution in [0.4, 0.5) is 0 Å². The molecule has 2 aromatic rings. The molecule has 0 spiro atoms. The summed E-state index contributed by atoms with van der Waals surface area (Å²) < 4.78 is 4.99. The summed E-state index contributed by atoms with van der Waals surface area (Å²) in [6, 6.07) is 20.7. The molecule has 0 saturated heterocycles. The Kier molecular flexibility index (Phi) is 14.1. The maximum Gasteiger partial charge on any atom is 0.303 e. The van der Waals surface area contributed by atoms with Gasteiger partial charge in [0.1, 0.15) is 0 Å². The van der Waals surface area contributed by atoms with Crippen LogP contribution in [-0.2, 0) is 25.2 Å². The van der Waals surface area contributed by atoms with Gasteiger partial charge in [-0.25, -0.2) is 0 Å². The second-order valence-corrected chi connectivity index (χ2v) is 11.3. The van der Waals surface area contributed by atoms with Crippen LogP contribution in [-0.4, -0.2) is 35.4 Å². The zero-order chi connectivity index (χ0) is 27.7. The summed E-state index contributed by atoms with van der Waals surface area (Å²) in [6.07, 6.45) is 11.2. The normalized spacial score (nSPS) is 15.2. The molecule has 2 rings (SSSR count). The molecule has 2 N–H and O–H groups in total. The van der Waals surface area contributed by atoms with Crippen molar-refractivity contribution in [2.24, 2.45) is 0 Å². The molecular weight excluding hydrogens is 476 g/mol. The van der Waals surface area contributed by atoms with E-state index < -0.39 is 5.97 Å². The van der Waals surface area contributed by atoms with Gasteiger partial charge in [0, 0.05) is 6.42 Å². The highest BCUT2D eigenvalue weighted by atomic mass is 16.5. The molecular formula is C33H48O5. The van der Waals surface area contributed by atoms with E-state index in [4.69, 9.17) is 4.74 Å². The summed E-state index contributed by atoms with van der Waals surface area (Å²) in [7, 11) is 0. The number of aliphatic hydroxyl groups excluding tert-OH is 1. The number of aliphatic carboxylic acids is 1. The summed E-state index contributed by atoms with van der Waals surface area (Å²) in [6.45, 7) is 5.37. The third-order valence-electron chi connectivity index (χ3n) is 8.20. The van der Waals surface area contributed by atoms with Crippen LogP contribution in [0.5, 0.6) is 0 Å². The fourth-order valence-corrected chi connectivity index (χ4v) is 5.51. The van der Waals surface area contributed by atoms with E-state index in [1.54, 1.807) is 0 Å². The van der Waals surface area contributed by atoms with Crippen molar-refractivity contribution in [3.05, 3.63) is 71.8 Å². The monoisotopic (exact) mass is 524 g/mol. The smallest absolute Gasteiger partial charge is 0.303 e. The van der Waals surface area contributed by atoms with Crippen molar-refractivity contribution < 1.29 is 24.5 Å². The van der Waals surface area contributed by atoms with Gasteiger partial charge in [0.25, 0.3) is 6.47 Å². The molecule has 5 heteroatoms. The van der Waals surface area contributed by atoms with Crippen molar-refractivity contribution in [2.75, 3.05) is 6.61 Å². The molecule has 0 aliphatic heterocycles. The third-order valence-corrected chi connectivity index (χ3v) is 8.20. The lowest BCUT2D eigenvalue weighted by Gasteiger charge is -2.30. The first kappa shape index (κ1) is 31.6. The van der Waals surface area contributed by atoms with Gasteiger partial charge in [-0.2, -0.15) is 0 Å². The van der Waals surface area contributed by atoms with Crippen molar-refractivity contribution in [3.8, 4) is 0 Å². The molecule has 0 aliphatic carbocycles. The van der Waals surface area contributed by atoms with Gasteiger partial charge in [0.2, 0.25) is 0 Å². The molecule has 5 nitrogen and oxygen atoms in total. The SMILES string of the molecule is CC(CCCCCC(O)CCCCCC(C)(CCC(=O)O)c1ccccc1)(CCOC=O)c1ccccc1. The van der Waals surface area contributed by atoms with Crippen LogP contribution in [0.2, 0.25) is 0 Å².